The Morgan fingerprint density at radius 3 is 2.96 bits per heavy atom. The zero-order valence-corrected chi connectivity index (χ0v) is 15.9. The summed E-state index contributed by atoms with van der Waals surface area (Å²) in [5.74, 6) is -0.299. The maximum atomic E-state index is 13.5. The van der Waals surface area contributed by atoms with Crippen molar-refractivity contribution < 1.29 is 9.18 Å². The van der Waals surface area contributed by atoms with Crippen LogP contribution in [0.3, 0.4) is 0 Å². The number of hydrogen-bond acceptors (Lipinski definition) is 3. The van der Waals surface area contributed by atoms with Gasteiger partial charge >= 0.3 is 0 Å². The lowest BCUT2D eigenvalue weighted by atomic mass is 9.93. The van der Waals surface area contributed by atoms with Crippen molar-refractivity contribution in [1.29, 1.82) is 0 Å². The van der Waals surface area contributed by atoms with Gasteiger partial charge in [-0.1, -0.05) is 12.1 Å². The quantitative estimate of drug-likeness (QED) is 0.740. The highest BCUT2D eigenvalue weighted by atomic mass is 19.1. The highest BCUT2D eigenvalue weighted by molar-refractivity contribution is 5.80. The van der Waals surface area contributed by atoms with Crippen molar-refractivity contribution in [2.75, 3.05) is 6.54 Å². The molecule has 1 aliphatic rings. The minimum atomic E-state index is -0.315. The number of hydrogen-bond donors (Lipinski definition) is 1. The Kier molecular flexibility index (Phi) is 5.19. The predicted octanol–water partition coefficient (Wildman–Crippen LogP) is 4.22. The largest absolute Gasteiger partial charge is 0.334 e. The second-order valence-electron chi connectivity index (χ2n) is 7.29. The number of amides is 1. The summed E-state index contributed by atoms with van der Waals surface area (Å²) in [7, 11) is 0. The SMILES string of the molecule is Cc1cnccc1-c1cn[nH]c1C1CCCCN1C(=O)Cc1cccc(F)c1. The molecule has 1 aliphatic heterocycles. The Morgan fingerprint density at radius 1 is 1.25 bits per heavy atom. The molecule has 4 rings (SSSR count). The molecule has 1 amide bonds. The summed E-state index contributed by atoms with van der Waals surface area (Å²) in [6, 6.07) is 8.18. The lowest BCUT2D eigenvalue weighted by Crippen LogP contribution is -2.39. The summed E-state index contributed by atoms with van der Waals surface area (Å²) in [5, 5.41) is 7.41. The van der Waals surface area contributed by atoms with Crippen LogP contribution in [0.4, 0.5) is 4.39 Å². The topological polar surface area (TPSA) is 61.9 Å². The molecule has 1 saturated heterocycles. The number of benzene rings is 1. The normalized spacial score (nSPS) is 16.9. The number of piperidine rings is 1. The monoisotopic (exact) mass is 378 g/mol. The van der Waals surface area contributed by atoms with Crippen LogP contribution in [0.1, 0.15) is 42.1 Å². The van der Waals surface area contributed by atoms with Crippen LogP contribution >= 0.6 is 0 Å². The van der Waals surface area contributed by atoms with Gasteiger partial charge < -0.3 is 4.90 Å². The third-order valence-corrected chi connectivity index (χ3v) is 5.38. The number of aromatic amines is 1. The van der Waals surface area contributed by atoms with Crippen LogP contribution in [0, 0.1) is 12.7 Å². The Hall–Kier alpha value is -3.02. The number of rotatable bonds is 4. The maximum absolute atomic E-state index is 13.5. The van der Waals surface area contributed by atoms with Crippen LogP contribution in [0.25, 0.3) is 11.1 Å². The molecule has 3 heterocycles. The van der Waals surface area contributed by atoms with Crippen LogP contribution < -0.4 is 0 Å². The maximum Gasteiger partial charge on any atom is 0.227 e. The summed E-state index contributed by atoms with van der Waals surface area (Å²) < 4.78 is 13.5. The number of halogens is 1. The standard InChI is InChI=1S/C22H23FN4O/c1-15-13-24-9-8-18(15)19-14-25-26-22(19)20-7-2-3-10-27(20)21(28)12-16-5-4-6-17(23)11-16/h4-6,8-9,11,13-14,20H,2-3,7,10,12H2,1H3,(H,25,26). The van der Waals surface area contributed by atoms with Gasteiger partial charge in [0.15, 0.2) is 0 Å². The smallest absolute Gasteiger partial charge is 0.227 e. The van der Waals surface area contributed by atoms with Gasteiger partial charge in [-0.3, -0.25) is 14.9 Å². The fourth-order valence-corrected chi connectivity index (χ4v) is 3.99. The third kappa shape index (κ3) is 3.67. The first-order valence-electron chi connectivity index (χ1n) is 9.61. The Labute approximate surface area is 163 Å². The molecule has 1 unspecified atom stereocenters. The molecule has 1 aromatic carbocycles. The van der Waals surface area contributed by atoms with Gasteiger partial charge in [0.2, 0.25) is 5.91 Å². The van der Waals surface area contributed by atoms with Crippen LogP contribution in [0.5, 0.6) is 0 Å². The number of pyridine rings is 1. The van der Waals surface area contributed by atoms with Crippen LogP contribution in [0.2, 0.25) is 0 Å². The van der Waals surface area contributed by atoms with E-state index in [0.29, 0.717) is 12.1 Å². The average molecular weight is 378 g/mol. The molecule has 1 fully saturated rings. The van der Waals surface area contributed by atoms with Crippen molar-refractivity contribution >= 4 is 5.91 Å². The predicted molar refractivity (Wildman–Crippen MR) is 105 cm³/mol. The number of aromatic nitrogens is 3. The molecule has 1 atom stereocenters. The van der Waals surface area contributed by atoms with Gasteiger partial charge in [0.1, 0.15) is 5.82 Å². The highest BCUT2D eigenvalue weighted by Crippen LogP contribution is 2.36. The van der Waals surface area contributed by atoms with Crippen molar-refractivity contribution in [1.82, 2.24) is 20.1 Å². The number of H-pyrrole nitrogens is 1. The summed E-state index contributed by atoms with van der Waals surface area (Å²) in [6.45, 7) is 2.72. The highest BCUT2D eigenvalue weighted by Gasteiger charge is 2.31. The number of nitrogens with zero attached hydrogens (tertiary/aromatic N) is 3. The summed E-state index contributed by atoms with van der Waals surface area (Å²) in [6.07, 6.45) is 8.54. The molecule has 28 heavy (non-hydrogen) atoms. The molecule has 0 aliphatic carbocycles. The van der Waals surface area contributed by atoms with E-state index in [9.17, 15) is 9.18 Å². The minimum absolute atomic E-state index is 0.0160. The third-order valence-electron chi connectivity index (χ3n) is 5.38. The number of carbonyl (C=O) groups is 1. The fourth-order valence-electron chi connectivity index (χ4n) is 3.99. The number of aryl methyl sites for hydroxylation is 1. The van der Waals surface area contributed by atoms with Gasteiger partial charge in [-0.15, -0.1) is 0 Å². The van der Waals surface area contributed by atoms with Gasteiger partial charge in [-0.2, -0.15) is 5.10 Å². The lowest BCUT2D eigenvalue weighted by Gasteiger charge is -2.36. The van der Waals surface area contributed by atoms with Crippen LogP contribution in [-0.4, -0.2) is 32.5 Å². The van der Waals surface area contributed by atoms with E-state index in [1.54, 1.807) is 18.3 Å². The van der Waals surface area contributed by atoms with Crippen molar-refractivity contribution in [3.63, 3.8) is 0 Å². The molecule has 0 bridgehead atoms. The second-order valence-corrected chi connectivity index (χ2v) is 7.29. The van der Waals surface area contributed by atoms with Gasteiger partial charge in [-0.05, 0) is 61.1 Å². The Balaban J connectivity index is 1.63. The van der Waals surface area contributed by atoms with E-state index in [2.05, 4.69) is 15.2 Å². The van der Waals surface area contributed by atoms with Crippen LogP contribution in [0.15, 0.2) is 48.9 Å². The van der Waals surface area contributed by atoms with E-state index in [-0.39, 0.29) is 24.2 Å². The van der Waals surface area contributed by atoms with Crippen molar-refractivity contribution in [2.24, 2.45) is 0 Å². The van der Waals surface area contributed by atoms with Crippen LogP contribution in [-0.2, 0) is 11.2 Å². The molecule has 144 valence electrons. The molecule has 2 aromatic heterocycles. The molecule has 5 nitrogen and oxygen atoms in total. The number of nitrogens with one attached hydrogen (secondary N) is 1. The van der Waals surface area contributed by atoms with E-state index in [1.807, 2.05) is 30.3 Å². The van der Waals surface area contributed by atoms with Gasteiger partial charge in [0.25, 0.3) is 0 Å². The number of likely N-dealkylation sites (tertiary alicyclic amines) is 1. The molecule has 0 saturated carbocycles. The van der Waals surface area contributed by atoms with Gasteiger partial charge in [-0.25, -0.2) is 4.39 Å². The molecule has 6 heteroatoms. The fraction of sp³-hybridized carbons (Fsp3) is 0.318. The summed E-state index contributed by atoms with van der Waals surface area (Å²) in [4.78, 5) is 19.1. The minimum Gasteiger partial charge on any atom is -0.334 e. The summed E-state index contributed by atoms with van der Waals surface area (Å²) >= 11 is 0. The Bertz CT molecular complexity index is 984. The molecule has 3 aromatic rings. The van der Waals surface area contributed by atoms with Gasteiger partial charge in [0, 0.05) is 24.5 Å². The first-order valence-corrected chi connectivity index (χ1v) is 9.61. The first kappa shape index (κ1) is 18.3. The second kappa shape index (κ2) is 7.92. The first-order chi connectivity index (χ1) is 13.6. The molecular weight excluding hydrogens is 355 g/mol. The van der Waals surface area contributed by atoms with Gasteiger partial charge in [0.05, 0.1) is 24.4 Å². The average Bonchev–Trinajstić information content (AvgIpc) is 3.18. The van der Waals surface area contributed by atoms with E-state index >= 15 is 0 Å². The van der Waals surface area contributed by atoms with Crippen molar-refractivity contribution in [3.8, 4) is 11.1 Å². The molecular formula is C22H23FN4O. The molecule has 1 N–H and O–H groups in total. The van der Waals surface area contributed by atoms with E-state index in [1.165, 1.54) is 12.1 Å². The van der Waals surface area contributed by atoms with E-state index < -0.39 is 0 Å². The Morgan fingerprint density at radius 2 is 2.14 bits per heavy atom. The molecule has 0 spiro atoms. The van der Waals surface area contributed by atoms with E-state index in [4.69, 9.17) is 0 Å². The zero-order chi connectivity index (χ0) is 19.5. The van der Waals surface area contributed by atoms with Crippen molar-refractivity contribution in [3.05, 3.63) is 71.6 Å². The molecule has 0 radical (unpaired) electrons. The summed E-state index contributed by atoms with van der Waals surface area (Å²) in [5.41, 5.74) is 4.81. The van der Waals surface area contributed by atoms with E-state index in [0.717, 1.165) is 41.6 Å². The number of carbonyl (C=O) groups excluding carboxylic acids is 1. The lowest BCUT2D eigenvalue weighted by molar-refractivity contribution is -0.134. The zero-order valence-electron chi connectivity index (χ0n) is 15.9. The van der Waals surface area contributed by atoms with Crippen molar-refractivity contribution in [2.45, 2.75) is 38.6 Å².